The number of ether oxygens (including phenoxy) is 1. The summed E-state index contributed by atoms with van der Waals surface area (Å²) in [5, 5.41) is 0. The van der Waals surface area contributed by atoms with Crippen LogP contribution in [-0.4, -0.2) is 16.6 Å². The minimum absolute atomic E-state index is 0.300. The highest BCUT2D eigenvalue weighted by Gasteiger charge is 2.19. The van der Waals surface area contributed by atoms with Crippen LogP contribution in [0.4, 0.5) is 5.82 Å². The first kappa shape index (κ1) is 15.0. The minimum Gasteiger partial charge on any atom is -0.456 e. The van der Waals surface area contributed by atoms with E-state index in [2.05, 4.69) is 4.98 Å². The number of nitrogens with zero attached hydrogens (tertiary/aromatic N) is 1. The van der Waals surface area contributed by atoms with E-state index in [0.29, 0.717) is 17.1 Å². The van der Waals surface area contributed by atoms with Crippen molar-refractivity contribution in [3.8, 4) is 11.3 Å². The summed E-state index contributed by atoms with van der Waals surface area (Å²) in [5.74, 6) is -0.0982. The number of carbonyl (C=O) groups is 1. The molecule has 0 bridgehead atoms. The molecule has 0 saturated heterocycles. The van der Waals surface area contributed by atoms with Crippen LogP contribution in [0, 0.1) is 6.92 Å². The third kappa shape index (κ3) is 4.05. The fourth-order valence-corrected chi connectivity index (χ4v) is 1.88. The Bertz CT molecular complexity index is 655. The first-order chi connectivity index (χ1) is 9.74. The van der Waals surface area contributed by atoms with E-state index >= 15 is 0 Å². The SMILES string of the molecule is Cc1ccc(-c2cc(C(=O)OC(C)(C)C)cc(N)n2)cc1. The van der Waals surface area contributed by atoms with Crippen LogP contribution in [0.2, 0.25) is 0 Å². The largest absolute Gasteiger partial charge is 0.456 e. The van der Waals surface area contributed by atoms with Crippen LogP contribution < -0.4 is 5.73 Å². The Kier molecular flexibility index (Phi) is 3.98. The van der Waals surface area contributed by atoms with Gasteiger partial charge in [-0.25, -0.2) is 9.78 Å². The Balaban J connectivity index is 2.37. The average Bonchev–Trinajstić information content (AvgIpc) is 2.36. The highest BCUT2D eigenvalue weighted by Crippen LogP contribution is 2.22. The second kappa shape index (κ2) is 5.56. The molecule has 2 aromatic rings. The maximum atomic E-state index is 12.1. The number of aromatic nitrogens is 1. The lowest BCUT2D eigenvalue weighted by atomic mass is 10.1. The molecule has 110 valence electrons. The standard InChI is InChI=1S/C17H20N2O2/c1-11-5-7-12(8-6-11)14-9-13(10-15(18)19-14)16(20)21-17(2,3)4/h5-10H,1-4H3,(H2,18,19). The number of benzene rings is 1. The average molecular weight is 284 g/mol. The van der Waals surface area contributed by atoms with Crippen LogP contribution >= 0.6 is 0 Å². The molecule has 0 saturated carbocycles. The molecule has 0 radical (unpaired) electrons. The first-order valence-electron chi connectivity index (χ1n) is 6.82. The number of rotatable bonds is 2. The van der Waals surface area contributed by atoms with Crippen molar-refractivity contribution in [1.82, 2.24) is 4.98 Å². The summed E-state index contributed by atoms with van der Waals surface area (Å²) >= 11 is 0. The fourth-order valence-electron chi connectivity index (χ4n) is 1.88. The van der Waals surface area contributed by atoms with Gasteiger partial charge < -0.3 is 10.5 Å². The summed E-state index contributed by atoms with van der Waals surface area (Å²) < 4.78 is 5.37. The van der Waals surface area contributed by atoms with Crippen LogP contribution in [0.15, 0.2) is 36.4 Å². The quantitative estimate of drug-likeness (QED) is 0.856. The van der Waals surface area contributed by atoms with Crippen molar-refractivity contribution in [3.05, 3.63) is 47.5 Å². The third-order valence-corrected chi connectivity index (χ3v) is 2.83. The number of hydrogen-bond donors (Lipinski definition) is 1. The predicted molar refractivity (Wildman–Crippen MR) is 84.0 cm³/mol. The van der Waals surface area contributed by atoms with Crippen molar-refractivity contribution in [2.75, 3.05) is 5.73 Å². The molecule has 21 heavy (non-hydrogen) atoms. The zero-order valence-corrected chi connectivity index (χ0v) is 12.8. The molecule has 0 fully saturated rings. The number of hydrogen-bond acceptors (Lipinski definition) is 4. The molecular formula is C17H20N2O2. The molecule has 0 unspecified atom stereocenters. The van der Waals surface area contributed by atoms with Gasteiger partial charge in [-0.3, -0.25) is 0 Å². The van der Waals surface area contributed by atoms with E-state index < -0.39 is 11.6 Å². The summed E-state index contributed by atoms with van der Waals surface area (Å²) in [7, 11) is 0. The first-order valence-corrected chi connectivity index (χ1v) is 6.82. The zero-order chi connectivity index (χ0) is 15.6. The minimum atomic E-state index is -0.543. The van der Waals surface area contributed by atoms with Gasteiger partial charge in [-0.2, -0.15) is 0 Å². The van der Waals surface area contributed by atoms with Gasteiger partial charge in [0.2, 0.25) is 0 Å². The molecule has 0 aliphatic rings. The Labute approximate surface area is 125 Å². The molecule has 0 atom stereocenters. The van der Waals surface area contributed by atoms with E-state index in [9.17, 15) is 4.79 Å². The van der Waals surface area contributed by atoms with Crippen molar-refractivity contribution in [1.29, 1.82) is 0 Å². The molecule has 2 rings (SSSR count). The van der Waals surface area contributed by atoms with Crippen LogP contribution in [0.25, 0.3) is 11.3 Å². The molecule has 1 aromatic heterocycles. The van der Waals surface area contributed by atoms with E-state index in [4.69, 9.17) is 10.5 Å². The molecule has 4 nitrogen and oxygen atoms in total. The van der Waals surface area contributed by atoms with Crippen molar-refractivity contribution in [2.45, 2.75) is 33.3 Å². The van der Waals surface area contributed by atoms with E-state index in [-0.39, 0.29) is 0 Å². The van der Waals surface area contributed by atoms with E-state index in [1.165, 1.54) is 6.07 Å². The second-order valence-corrected chi connectivity index (χ2v) is 6.03. The molecule has 0 amide bonds. The summed E-state index contributed by atoms with van der Waals surface area (Å²) in [5.41, 5.74) is 8.42. The van der Waals surface area contributed by atoms with Gasteiger partial charge in [-0.05, 0) is 39.8 Å². The Morgan fingerprint density at radius 1 is 1.14 bits per heavy atom. The van der Waals surface area contributed by atoms with Crippen molar-refractivity contribution in [2.24, 2.45) is 0 Å². The molecule has 0 spiro atoms. The maximum absolute atomic E-state index is 12.1. The maximum Gasteiger partial charge on any atom is 0.338 e. The highest BCUT2D eigenvalue weighted by molar-refractivity contribution is 5.91. The molecule has 0 aliphatic carbocycles. The highest BCUT2D eigenvalue weighted by atomic mass is 16.6. The van der Waals surface area contributed by atoms with Gasteiger partial charge in [0, 0.05) is 5.56 Å². The van der Waals surface area contributed by atoms with Crippen molar-refractivity contribution >= 4 is 11.8 Å². The van der Waals surface area contributed by atoms with E-state index in [1.54, 1.807) is 6.07 Å². The Morgan fingerprint density at radius 3 is 2.33 bits per heavy atom. The number of carbonyl (C=O) groups excluding carboxylic acids is 1. The normalized spacial score (nSPS) is 11.2. The van der Waals surface area contributed by atoms with Gasteiger partial charge in [0.1, 0.15) is 11.4 Å². The van der Waals surface area contributed by atoms with Crippen molar-refractivity contribution in [3.63, 3.8) is 0 Å². The molecule has 1 aromatic carbocycles. The lowest BCUT2D eigenvalue weighted by molar-refractivity contribution is 0.00695. The number of pyridine rings is 1. The fraction of sp³-hybridized carbons (Fsp3) is 0.294. The lowest BCUT2D eigenvalue weighted by Crippen LogP contribution is -2.24. The predicted octanol–water partition coefficient (Wildman–Crippen LogP) is 3.59. The van der Waals surface area contributed by atoms with Gasteiger partial charge in [-0.15, -0.1) is 0 Å². The van der Waals surface area contributed by atoms with E-state index in [1.807, 2.05) is 52.0 Å². The molecule has 1 heterocycles. The van der Waals surface area contributed by atoms with Crippen LogP contribution in [-0.2, 0) is 4.74 Å². The van der Waals surface area contributed by atoms with Crippen LogP contribution in [0.1, 0.15) is 36.7 Å². The van der Waals surface area contributed by atoms with Gasteiger partial charge in [-0.1, -0.05) is 29.8 Å². The molecule has 0 aliphatic heterocycles. The topological polar surface area (TPSA) is 65.2 Å². The van der Waals surface area contributed by atoms with E-state index in [0.717, 1.165) is 11.1 Å². The molecule has 2 N–H and O–H groups in total. The van der Waals surface area contributed by atoms with Gasteiger partial charge in [0.25, 0.3) is 0 Å². The third-order valence-electron chi connectivity index (χ3n) is 2.83. The number of nitrogens with two attached hydrogens (primary N) is 1. The molecular weight excluding hydrogens is 264 g/mol. The second-order valence-electron chi connectivity index (χ2n) is 6.03. The Hall–Kier alpha value is -2.36. The summed E-state index contributed by atoms with van der Waals surface area (Å²) in [6.45, 7) is 7.51. The number of nitrogen functional groups attached to an aromatic ring is 1. The zero-order valence-electron chi connectivity index (χ0n) is 12.8. The summed E-state index contributed by atoms with van der Waals surface area (Å²) in [4.78, 5) is 16.4. The Morgan fingerprint density at radius 2 is 1.76 bits per heavy atom. The van der Waals surface area contributed by atoms with Crippen molar-refractivity contribution < 1.29 is 9.53 Å². The molecule has 4 heteroatoms. The van der Waals surface area contributed by atoms with Gasteiger partial charge in [0.05, 0.1) is 11.3 Å². The lowest BCUT2D eigenvalue weighted by Gasteiger charge is -2.19. The smallest absolute Gasteiger partial charge is 0.338 e. The number of anilines is 1. The monoisotopic (exact) mass is 284 g/mol. The van der Waals surface area contributed by atoms with Gasteiger partial charge >= 0.3 is 5.97 Å². The number of aryl methyl sites for hydroxylation is 1. The summed E-state index contributed by atoms with van der Waals surface area (Å²) in [6.07, 6.45) is 0. The van der Waals surface area contributed by atoms with Crippen LogP contribution in [0.3, 0.4) is 0 Å². The summed E-state index contributed by atoms with van der Waals surface area (Å²) in [6, 6.07) is 11.1. The van der Waals surface area contributed by atoms with Crippen LogP contribution in [0.5, 0.6) is 0 Å². The van der Waals surface area contributed by atoms with Gasteiger partial charge in [0.15, 0.2) is 0 Å². The number of esters is 1.